The van der Waals surface area contributed by atoms with Crippen molar-refractivity contribution in [3.8, 4) is 23.3 Å². The van der Waals surface area contributed by atoms with E-state index < -0.39 is 59.4 Å². The number of hydrogen-bond donors (Lipinski definition) is 1. The molecular formula is C55H55N3O10. The summed E-state index contributed by atoms with van der Waals surface area (Å²) in [6, 6.07) is 35.4. The zero-order valence-corrected chi connectivity index (χ0v) is 38.3. The molecule has 4 heterocycles. The predicted octanol–water partition coefficient (Wildman–Crippen LogP) is 7.71. The number of para-hydroxylation sites is 1. The van der Waals surface area contributed by atoms with Gasteiger partial charge >= 0.3 is 12.1 Å². The number of ether oxygens (including phenoxy) is 5. The van der Waals surface area contributed by atoms with Gasteiger partial charge in [-0.05, 0) is 78.1 Å². The SMILES string of the molecule is COCCOC(=O)N1C(=O)[C@@]2(c3cc(C#Cc4ccc(OC)cc4)ccc31)[C@H](c1ccccc1OCCO)N1[C@H](c3ccccc3)[C@H](c3ccccc3)OC(=O)[C@H]1[C@@H]2C(=O)N1CCCCCCC1. The zero-order chi connectivity index (χ0) is 47.2. The van der Waals surface area contributed by atoms with Crippen molar-refractivity contribution in [2.45, 2.75) is 61.7 Å². The van der Waals surface area contributed by atoms with E-state index >= 15 is 14.4 Å². The third-order valence-electron chi connectivity index (χ3n) is 13.6. The second-order valence-corrected chi connectivity index (χ2v) is 17.4. The zero-order valence-electron chi connectivity index (χ0n) is 38.3. The fraction of sp³-hybridized carbons (Fsp3) is 0.345. The molecule has 68 heavy (non-hydrogen) atoms. The molecule has 4 aliphatic rings. The summed E-state index contributed by atoms with van der Waals surface area (Å²) in [5, 5.41) is 10.1. The molecular weight excluding hydrogens is 863 g/mol. The Labute approximate surface area is 396 Å². The molecule has 3 amide bonds. The standard InChI is InChI=1S/C55H55N3O10/c1-64-34-35-67-54(63)57-44-29-26-38(23-22-37-24-27-41(65-2)28-25-37)36-43(44)55(53(57)62)46(51(60)56-30-14-4-3-5-15-31-56)48-52(61)68-49(40-18-10-7-11-19-40)47(39-16-8-6-9-17-39)58(48)50(55)42-20-12-13-21-45(42)66-33-32-59/h6-13,16-21,24-29,36,46-50,59H,3-5,14-15,30-35H2,1-2H3/t46-,47-,48-,49+,50+,55-/m1/s1. The number of hydrogen-bond acceptors (Lipinski definition) is 11. The number of imide groups is 1. The maximum Gasteiger partial charge on any atom is 0.421 e. The molecule has 3 saturated heterocycles. The van der Waals surface area contributed by atoms with Crippen LogP contribution in [0.1, 0.15) is 83.7 Å². The lowest BCUT2D eigenvalue weighted by Gasteiger charge is -2.46. The molecule has 4 aliphatic heterocycles. The molecule has 0 aliphatic carbocycles. The number of fused-ring (bicyclic) bond motifs is 3. The summed E-state index contributed by atoms with van der Waals surface area (Å²) in [6.07, 6.45) is 2.49. The van der Waals surface area contributed by atoms with Crippen molar-refractivity contribution < 1.29 is 48.0 Å². The second kappa shape index (κ2) is 20.5. The molecule has 6 atom stereocenters. The number of carbonyl (C=O) groups is 4. The molecule has 1 spiro atoms. The van der Waals surface area contributed by atoms with Gasteiger partial charge in [0.15, 0.2) is 0 Å². The van der Waals surface area contributed by atoms with Gasteiger partial charge in [-0.2, -0.15) is 0 Å². The molecule has 13 nitrogen and oxygen atoms in total. The normalized spacial score (nSPS) is 23.4. The van der Waals surface area contributed by atoms with Crippen molar-refractivity contribution in [3.63, 3.8) is 0 Å². The largest absolute Gasteiger partial charge is 0.497 e. The number of aliphatic hydroxyl groups excluding tert-OH is 1. The van der Waals surface area contributed by atoms with Crippen LogP contribution in [0.25, 0.3) is 0 Å². The van der Waals surface area contributed by atoms with Crippen LogP contribution >= 0.6 is 0 Å². The Bertz CT molecular complexity index is 2680. The highest BCUT2D eigenvalue weighted by Crippen LogP contribution is 2.67. The average molecular weight is 918 g/mol. The number of anilines is 1. The number of amides is 3. The first-order chi connectivity index (χ1) is 33.3. The smallest absolute Gasteiger partial charge is 0.421 e. The molecule has 350 valence electrons. The van der Waals surface area contributed by atoms with Crippen LogP contribution in [0, 0.1) is 17.8 Å². The summed E-state index contributed by atoms with van der Waals surface area (Å²) in [4.78, 5) is 67.8. The highest BCUT2D eigenvalue weighted by molar-refractivity contribution is 6.23. The van der Waals surface area contributed by atoms with Gasteiger partial charge in [0.05, 0.1) is 44.0 Å². The number of morpholine rings is 1. The third kappa shape index (κ3) is 8.49. The van der Waals surface area contributed by atoms with Gasteiger partial charge in [-0.25, -0.2) is 9.69 Å². The number of methoxy groups -OCH3 is 2. The maximum atomic E-state index is 16.6. The first kappa shape index (κ1) is 46.1. The van der Waals surface area contributed by atoms with Crippen molar-refractivity contribution in [3.05, 3.63) is 161 Å². The molecule has 5 aromatic carbocycles. The minimum Gasteiger partial charge on any atom is -0.497 e. The molecule has 0 aromatic heterocycles. The van der Waals surface area contributed by atoms with Gasteiger partial charge in [0.1, 0.15) is 42.3 Å². The van der Waals surface area contributed by atoms with Crippen LogP contribution in [0.3, 0.4) is 0 Å². The first-order valence-corrected chi connectivity index (χ1v) is 23.3. The molecule has 3 fully saturated rings. The molecule has 0 bridgehead atoms. The van der Waals surface area contributed by atoms with Gasteiger partial charge in [0.2, 0.25) is 11.8 Å². The summed E-state index contributed by atoms with van der Waals surface area (Å²) >= 11 is 0. The summed E-state index contributed by atoms with van der Waals surface area (Å²) in [5.74, 6) is 4.25. The average Bonchev–Trinajstić information content (AvgIpc) is 3.81. The predicted molar refractivity (Wildman–Crippen MR) is 253 cm³/mol. The van der Waals surface area contributed by atoms with E-state index in [0.717, 1.165) is 42.6 Å². The Kier molecular flexibility index (Phi) is 13.9. The second-order valence-electron chi connectivity index (χ2n) is 17.4. The molecule has 5 aromatic rings. The van der Waals surface area contributed by atoms with E-state index in [1.807, 2.05) is 102 Å². The fourth-order valence-electron chi connectivity index (χ4n) is 10.7. The number of esters is 1. The minimum absolute atomic E-state index is 0.0707. The Balaban J connectivity index is 1.37. The summed E-state index contributed by atoms with van der Waals surface area (Å²) in [5.41, 5.74) is 1.66. The van der Waals surface area contributed by atoms with Crippen LogP contribution in [0.4, 0.5) is 10.5 Å². The van der Waals surface area contributed by atoms with Crippen molar-refractivity contribution in [1.29, 1.82) is 0 Å². The van der Waals surface area contributed by atoms with Crippen LogP contribution in [-0.2, 0) is 34.0 Å². The van der Waals surface area contributed by atoms with E-state index in [9.17, 15) is 9.90 Å². The number of nitrogens with zero attached hydrogens (tertiary/aromatic N) is 3. The Morgan fingerprint density at radius 1 is 0.735 bits per heavy atom. The number of cyclic esters (lactones) is 1. The third-order valence-corrected chi connectivity index (χ3v) is 13.6. The molecule has 13 heteroatoms. The summed E-state index contributed by atoms with van der Waals surface area (Å²) in [6.45, 7) is 0.364. The van der Waals surface area contributed by atoms with Crippen molar-refractivity contribution in [1.82, 2.24) is 9.80 Å². The molecule has 0 saturated carbocycles. The van der Waals surface area contributed by atoms with Gasteiger partial charge in [-0.15, -0.1) is 0 Å². The highest BCUT2D eigenvalue weighted by Gasteiger charge is 2.76. The van der Waals surface area contributed by atoms with Gasteiger partial charge in [-0.1, -0.05) is 110 Å². The topological polar surface area (TPSA) is 144 Å². The van der Waals surface area contributed by atoms with E-state index in [1.165, 1.54) is 7.11 Å². The van der Waals surface area contributed by atoms with E-state index in [1.54, 1.807) is 42.3 Å². The number of rotatable bonds is 11. The molecule has 1 N–H and O–H groups in total. The lowest BCUT2D eigenvalue weighted by atomic mass is 9.64. The van der Waals surface area contributed by atoms with Gasteiger partial charge in [0.25, 0.3) is 0 Å². The van der Waals surface area contributed by atoms with E-state index in [0.29, 0.717) is 52.4 Å². The van der Waals surface area contributed by atoms with Crippen molar-refractivity contribution in [2.24, 2.45) is 5.92 Å². The number of aliphatic hydroxyl groups is 1. The molecule has 0 unspecified atom stereocenters. The van der Waals surface area contributed by atoms with Gasteiger partial charge < -0.3 is 33.7 Å². The number of carbonyl (C=O) groups excluding carboxylic acids is 4. The summed E-state index contributed by atoms with van der Waals surface area (Å²) < 4.78 is 29.4. The quantitative estimate of drug-likeness (QED) is 0.0791. The fourth-order valence-corrected chi connectivity index (χ4v) is 10.7. The van der Waals surface area contributed by atoms with Crippen LogP contribution in [-0.4, -0.2) is 98.6 Å². The first-order valence-electron chi connectivity index (χ1n) is 23.3. The van der Waals surface area contributed by atoms with Crippen LogP contribution < -0.4 is 14.4 Å². The lowest BCUT2D eigenvalue weighted by Crippen LogP contribution is -2.56. The van der Waals surface area contributed by atoms with E-state index in [4.69, 9.17) is 23.7 Å². The maximum absolute atomic E-state index is 16.6. The minimum atomic E-state index is -2.02. The van der Waals surface area contributed by atoms with Crippen LogP contribution in [0.2, 0.25) is 0 Å². The Hall–Kier alpha value is -6.98. The van der Waals surface area contributed by atoms with Gasteiger partial charge in [0, 0.05) is 36.9 Å². The van der Waals surface area contributed by atoms with Crippen LogP contribution in [0.5, 0.6) is 11.5 Å². The Morgan fingerprint density at radius 2 is 1.38 bits per heavy atom. The van der Waals surface area contributed by atoms with Crippen molar-refractivity contribution in [2.75, 3.05) is 58.6 Å². The van der Waals surface area contributed by atoms with Gasteiger partial charge in [-0.3, -0.25) is 19.3 Å². The van der Waals surface area contributed by atoms with Crippen LogP contribution in [0.15, 0.2) is 127 Å². The van der Waals surface area contributed by atoms with E-state index in [2.05, 4.69) is 11.8 Å². The molecule has 0 radical (unpaired) electrons. The Morgan fingerprint density at radius 3 is 2.07 bits per heavy atom. The van der Waals surface area contributed by atoms with Crippen molar-refractivity contribution >= 4 is 29.6 Å². The number of likely N-dealkylation sites (tertiary alicyclic amines) is 1. The summed E-state index contributed by atoms with van der Waals surface area (Å²) in [7, 11) is 3.07. The van der Waals surface area contributed by atoms with E-state index in [-0.39, 0.29) is 32.1 Å². The number of benzene rings is 5. The molecule has 9 rings (SSSR count). The monoisotopic (exact) mass is 917 g/mol. The highest BCUT2D eigenvalue weighted by atomic mass is 16.6. The lowest BCUT2D eigenvalue weighted by molar-refractivity contribution is -0.179.